The summed E-state index contributed by atoms with van der Waals surface area (Å²) < 4.78 is 37.0. The van der Waals surface area contributed by atoms with Crippen LogP contribution in [0.5, 0.6) is 0 Å². The molecule has 0 fully saturated rings. The van der Waals surface area contributed by atoms with Crippen LogP contribution in [0.4, 0.5) is 13.2 Å². The van der Waals surface area contributed by atoms with E-state index in [0.717, 1.165) is 12.1 Å². The third-order valence-corrected chi connectivity index (χ3v) is 2.42. The van der Waals surface area contributed by atoms with Crippen LogP contribution < -0.4 is 0 Å². The summed E-state index contributed by atoms with van der Waals surface area (Å²) in [5, 5.41) is 0. The summed E-state index contributed by atoms with van der Waals surface area (Å²) in [6.07, 6.45) is -2.55. The van der Waals surface area contributed by atoms with Crippen LogP contribution in [-0.2, 0) is 11.0 Å². The number of halogens is 4. The number of hydrogen-bond acceptors (Lipinski definition) is 1. The standard InChI is InChI=1S/C10H6BrF3O/c11-9(5-6-15)7-1-3-8(4-2-7)10(12,13)14/h1-6H/b9-5-. The lowest BCUT2D eigenvalue weighted by Gasteiger charge is -2.06. The zero-order chi connectivity index (χ0) is 11.5. The average molecular weight is 279 g/mol. The molecule has 0 saturated carbocycles. The highest BCUT2D eigenvalue weighted by atomic mass is 79.9. The van der Waals surface area contributed by atoms with E-state index in [1.807, 2.05) is 0 Å². The maximum atomic E-state index is 12.2. The van der Waals surface area contributed by atoms with Gasteiger partial charge in [0.2, 0.25) is 0 Å². The fraction of sp³-hybridized carbons (Fsp3) is 0.100. The first-order valence-electron chi connectivity index (χ1n) is 3.94. The van der Waals surface area contributed by atoms with Crippen LogP contribution in [-0.4, -0.2) is 6.29 Å². The summed E-state index contributed by atoms with van der Waals surface area (Å²) in [5.41, 5.74) is -0.187. The summed E-state index contributed by atoms with van der Waals surface area (Å²) in [7, 11) is 0. The van der Waals surface area contributed by atoms with E-state index in [0.29, 0.717) is 16.3 Å². The van der Waals surface area contributed by atoms with Crippen molar-refractivity contribution >= 4 is 26.7 Å². The molecule has 80 valence electrons. The summed E-state index contributed by atoms with van der Waals surface area (Å²) in [6, 6.07) is 4.53. The number of alkyl halides is 3. The smallest absolute Gasteiger partial charge is 0.299 e. The highest BCUT2D eigenvalue weighted by Gasteiger charge is 2.29. The molecule has 1 aromatic carbocycles. The summed E-state index contributed by atoms with van der Waals surface area (Å²) in [4.78, 5) is 10.1. The van der Waals surface area contributed by atoms with Crippen LogP contribution >= 0.6 is 15.9 Å². The minimum Gasteiger partial charge on any atom is -0.299 e. The van der Waals surface area contributed by atoms with Crippen LogP contribution in [0.3, 0.4) is 0 Å². The molecule has 0 spiro atoms. The quantitative estimate of drug-likeness (QED) is 0.596. The van der Waals surface area contributed by atoms with Gasteiger partial charge in [0, 0.05) is 4.48 Å². The van der Waals surface area contributed by atoms with E-state index in [-0.39, 0.29) is 0 Å². The van der Waals surface area contributed by atoms with E-state index >= 15 is 0 Å². The third kappa shape index (κ3) is 3.20. The van der Waals surface area contributed by atoms with E-state index < -0.39 is 11.7 Å². The van der Waals surface area contributed by atoms with Gasteiger partial charge in [-0.2, -0.15) is 13.2 Å². The molecule has 0 radical (unpaired) electrons. The third-order valence-electron chi connectivity index (χ3n) is 1.70. The Morgan fingerprint density at radius 2 is 1.73 bits per heavy atom. The molecule has 1 aromatic rings. The second-order valence-corrected chi connectivity index (χ2v) is 3.58. The number of carbonyl (C=O) groups is 1. The van der Waals surface area contributed by atoms with Crippen molar-refractivity contribution in [3.8, 4) is 0 Å². The van der Waals surface area contributed by atoms with Crippen molar-refractivity contribution in [3.05, 3.63) is 41.5 Å². The van der Waals surface area contributed by atoms with Gasteiger partial charge in [-0.25, -0.2) is 0 Å². The van der Waals surface area contributed by atoms with Gasteiger partial charge in [0.05, 0.1) is 5.56 Å². The highest BCUT2D eigenvalue weighted by molar-refractivity contribution is 9.15. The largest absolute Gasteiger partial charge is 0.416 e. The van der Waals surface area contributed by atoms with E-state index in [1.165, 1.54) is 18.2 Å². The minimum absolute atomic E-state index is 0.450. The number of carbonyl (C=O) groups excluding carboxylic acids is 1. The van der Waals surface area contributed by atoms with Gasteiger partial charge in [-0.1, -0.05) is 28.1 Å². The van der Waals surface area contributed by atoms with Gasteiger partial charge in [0.15, 0.2) is 0 Å². The number of benzene rings is 1. The zero-order valence-electron chi connectivity index (χ0n) is 7.38. The van der Waals surface area contributed by atoms with Crippen LogP contribution in [0.25, 0.3) is 4.48 Å². The van der Waals surface area contributed by atoms with E-state index in [9.17, 15) is 18.0 Å². The van der Waals surface area contributed by atoms with E-state index in [4.69, 9.17) is 0 Å². The van der Waals surface area contributed by atoms with Crippen LogP contribution in [0.2, 0.25) is 0 Å². The average Bonchev–Trinajstić information content (AvgIpc) is 2.17. The SMILES string of the molecule is O=C/C=C(\Br)c1ccc(C(F)(F)F)cc1. The van der Waals surface area contributed by atoms with Crippen molar-refractivity contribution in [1.29, 1.82) is 0 Å². The Balaban J connectivity index is 3.00. The van der Waals surface area contributed by atoms with Crippen molar-refractivity contribution in [3.63, 3.8) is 0 Å². The van der Waals surface area contributed by atoms with Crippen molar-refractivity contribution in [2.45, 2.75) is 6.18 Å². The molecular weight excluding hydrogens is 273 g/mol. The second-order valence-electron chi connectivity index (χ2n) is 2.73. The lowest BCUT2D eigenvalue weighted by atomic mass is 10.1. The predicted octanol–water partition coefficient (Wildman–Crippen LogP) is 3.64. The summed E-state index contributed by atoms with van der Waals surface area (Å²) >= 11 is 3.07. The molecule has 0 unspecified atom stereocenters. The normalized spacial score (nSPS) is 12.7. The lowest BCUT2D eigenvalue weighted by molar-refractivity contribution is -0.137. The monoisotopic (exact) mass is 278 g/mol. The first-order chi connectivity index (χ1) is 6.95. The number of allylic oxidation sites excluding steroid dienone is 1. The zero-order valence-corrected chi connectivity index (χ0v) is 8.97. The Kier molecular flexibility index (Phi) is 3.68. The molecule has 15 heavy (non-hydrogen) atoms. The fourth-order valence-electron chi connectivity index (χ4n) is 0.974. The predicted molar refractivity (Wildman–Crippen MR) is 54.4 cm³/mol. The van der Waals surface area contributed by atoms with Gasteiger partial charge in [-0.3, -0.25) is 4.79 Å². The van der Waals surface area contributed by atoms with Gasteiger partial charge in [0.25, 0.3) is 0 Å². The molecular formula is C10H6BrF3O. The molecule has 0 aliphatic heterocycles. The van der Waals surface area contributed by atoms with Gasteiger partial charge < -0.3 is 0 Å². The van der Waals surface area contributed by atoms with E-state index in [1.54, 1.807) is 0 Å². The number of aldehydes is 1. The van der Waals surface area contributed by atoms with Crippen molar-refractivity contribution in [2.24, 2.45) is 0 Å². The Bertz CT molecular complexity index is 379. The van der Waals surface area contributed by atoms with Crippen LogP contribution in [0.15, 0.2) is 30.3 Å². The molecule has 5 heteroatoms. The topological polar surface area (TPSA) is 17.1 Å². The molecule has 0 aliphatic rings. The molecule has 0 bridgehead atoms. The Morgan fingerprint density at radius 1 is 1.20 bits per heavy atom. The molecule has 0 heterocycles. The van der Waals surface area contributed by atoms with Gasteiger partial charge in [0.1, 0.15) is 6.29 Å². The Labute approximate surface area is 92.7 Å². The molecule has 1 nitrogen and oxygen atoms in total. The fourth-order valence-corrected chi connectivity index (χ4v) is 1.35. The Hall–Kier alpha value is -1.10. The number of rotatable bonds is 2. The van der Waals surface area contributed by atoms with Crippen molar-refractivity contribution in [1.82, 2.24) is 0 Å². The first kappa shape index (κ1) is 12.0. The molecule has 0 atom stereocenters. The first-order valence-corrected chi connectivity index (χ1v) is 4.73. The molecule has 0 aliphatic carbocycles. The van der Waals surface area contributed by atoms with Crippen molar-refractivity contribution < 1.29 is 18.0 Å². The molecule has 0 saturated heterocycles. The molecule has 0 N–H and O–H groups in total. The maximum absolute atomic E-state index is 12.2. The van der Waals surface area contributed by atoms with Crippen molar-refractivity contribution in [2.75, 3.05) is 0 Å². The second kappa shape index (κ2) is 4.61. The number of hydrogen-bond donors (Lipinski definition) is 0. The summed E-state index contributed by atoms with van der Waals surface area (Å²) in [5.74, 6) is 0. The molecule has 0 aromatic heterocycles. The highest BCUT2D eigenvalue weighted by Crippen LogP contribution is 2.30. The van der Waals surface area contributed by atoms with Gasteiger partial charge >= 0.3 is 6.18 Å². The molecule has 0 amide bonds. The maximum Gasteiger partial charge on any atom is 0.416 e. The van der Waals surface area contributed by atoms with Crippen LogP contribution in [0, 0.1) is 0 Å². The molecule has 1 rings (SSSR count). The lowest BCUT2D eigenvalue weighted by Crippen LogP contribution is -2.04. The van der Waals surface area contributed by atoms with Crippen LogP contribution in [0.1, 0.15) is 11.1 Å². The Morgan fingerprint density at radius 3 is 2.13 bits per heavy atom. The van der Waals surface area contributed by atoms with E-state index in [2.05, 4.69) is 15.9 Å². The summed E-state index contributed by atoms with van der Waals surface area (Å²) in [6.45, 7) is 0. The van der Waals surface area contributed by atoms with Gasteiger partial charge in [-0.15, -0.1) is 0 Å². The van der Waals surface area contributed by atoms with Gasteiger partial charge in [-0.05, 0) is 23.8 Å². The minimum atomic E-state index is -4.33.